The van der Waals surface area contributed by atoms with Crippen molar-refractivity contribution in [3.8, 4) is 0 Å². The average molecular weight is 292 g/mol. The first kappa shape index (κ1) is 14.0. The van der Waals surface area contributed by atoms with Crippen LogP contribution in [0.3, 0.4) is 0 Å². The first-order valence-electron chi connectivity index (χ1n) is 5.66. The number of halogens is 1. The van der Waals surface area contributed by atoms with E-state index in [0.717, 1.165) is 0 Å². The SMILES string of the molecule is Cc1c(C(=O)Nc2ccc(Cl)cn2)cccc1[N+](=O)[O-]. The predicted octanol–water partition coefficient (Wildman–Crippen LogP) is 3.20. The fraction of sp³-hybridized carbons (Fsp3) is 0.0769. The normalized spacial score (nSPS) is 10.1. The molecule has 0 bridgehead atoms. The highest BCUT2D eigenvalue weighted by Crippen LogP contribution is 2.22. The number of aromatic nitrogens is 1. The van der Waals surface area contributed by atoms with Gasteiger partial charge in [-0.25, -0.2) is 4.98 Å². The van der Waals surface area contributed by atoms with Crippen molar-refractivity contribution in [3.63, 3.8) is 0 Å². The van der Waals surface area contributed by atoms with Crippen molar-refractivity contribution in [2.75, 3.05) is 5.32 Å². The van der Waals surface area contributed by atoms with Gasteiger partial charge >= 0.3 is 0 Å². The number of benzene rings is 1. The number of nitrogens with one attached hydrogen (secondary N) is 1. The molecule has 7 heteroatoms. The summed E-state index contributed by atoms with van der Waals surface area (Å²) >= 11 is 5.70. The number of anilines is 1. The second kappa shape index (κ2) is 5.66. The minimum absolute atomic E-state index is 0.0956. The molecule has 0 atom stereocenters. The number of pyridine rings is 1. The van der Waals surface area contributed by atoms with Gasteiger partial charge in [-0.05, 0) is 25.1 Å². The number of nitro benzene ring substituents is 1. The largest absolute Gasteiger partial charge is 0.307 e. The summed E-state index contributed by atoms with van der Waals surface area (Å²) < 4.78 is 0. The van der Waals surface area contributed by atoms with E-state index in [-0.39, 0.29) is 11.3 Å². The number of nitrogens with zero attached hydrogens (tertiary/aromatic N) is 2. The van der Waals surface area contributed by atoms with Crippen LogP contribution in [0.1, 0.15) is 15.9 Å². The number of amides is 1. The van der Waals surface area contributed by atoms with Gasteiger partial charge in [0, 0.05) is 23.4 Å². The molecule has 0 spiro atoms. The quantitative estimate of drug-likeness (QED) is 0.695. The zero-order chi connectivity index (χ0) is 14.7. The first-order chi connectivity index (χ1) is 9.49. The Hall–Kier alpha value is -2.47. The fourth-order valence-electron chi connectivity index (χ4n) is 1.70. The first-order valence-corrected chi connectivity index (χ1v) is 6.04. The summed E-state index contributed by atoms with van der Waals surface area (Å²) in [5, 5.41) is 13.9. The van der Waals surface area contributed by atoms with Crippen LogP contribution in [-0.4, -0.2) is 15.8 Å². The van der Waals surface area contributed by atoms with E-state index in [1.165, 1.54) is 31.3 Å². The lowest BCUT2D eigenvalue weighted by Crippen LogP contribution is -2.14. The molecule has 102 valence electrons. The second-order valence-electron chi connectivity index (χ2n) is 4.02. The summed E-state index contributed by atoms with van der Waals surface area (Å²) in [6.45, 7) is 1.53. The number of carbonyl (C=O) groups is 1. The van der Waals surface area contributed by atoms with Crippen LogP contribution in [0.15, 0.2) is 36.5 Å². The van der Waals surface area contributed by atoms with Crippen LogP contribution in [0.5, 0.6) is 0 Å². The van der Waals surface area contributed by atoms with Crippen LogP contribution < -0.4 is 5.32 Å². The van der Waals surface area contributed by atoms with Crippen LogP contribution in [0.4, 0.5) is 11.5 Å². The third-order valence-corrected chi connectivity index (χ3v) is 2.94. The summed E-state index contributed by atoms with van der Waals surface area (Å²) in [4.78, 5) is 26.3. The number of hydrogen-bond donors (Lipinski definition) is 1. The van der Waals surface area contributed by atoms with E-state index in [4.69, 9.17) is 11.6 Å². The van der Waals surface area contributed by atoms with Crippen LogP contribution in [-0.2, 0) is 0 Å². The predicted molar refractivity (Wildman–Crippen MR) is 75.0 cm³/mol. The Morgan fingerprint density at radius 3 is 2.70 bits per heavy atom. The van der Waals surface area contributed by atoms with Gasteiger partial charge in [-0.3, -0.25) is 14.9 Å². The molecule has 20 heavy (non-hydrogen) atoms. The molecule has 0 radical (unpaired) electrons. The molecule has 0 saturated carbocycles. The van der Waals surface area contributed by atoms with Gasteiger partial charge in [0.05, 0.1) is 9.95 Å². The van der Waals surface area contributed by atoms with Gasteiger partial charge in [-0.1, -0.05) is 17.7 Å². The van der Waals surface area contributed by atoms with E-state index in [0.29, 0.717) is 16.4 Å². The molecule has 1 amide bonds. The number of carbonyl (C=O) groups excluding carboxylic acids is 1. The summed E-state index contributed by atoms with van der Waals surface area (Å²) in [7, 11) is 0. The summed E-state index contributed by atoms with van der Waals surface area (Å²) in [6, 6.07) is 7.48. The molecule has 2 rings (SSSR count). The molecule has 6 nitrogen and oxygen atoms in total. The Morgan fingerprint density at radius 1 is 1.35 bits per heavy atom. The maximum Gasteiger partial charge on any atom is 0.273 e. The van der Waals surface area contributed by atoms with Gasteiger partial charge in [-0.15, -0.1) is 0 Å². The molecular formula is C13H10ClN3O3. The average Bonchev–Trinajstić information content (AvgIpc) is 2.41. The summed E-state index contributed by atoms with van der Waals surface area (Å²) in [6.07, 6.45) is 1.40. The molecule has 1 heterocycles. The highest BCUT2D eigenvalue weighted by molar-refractivity contribution is 6.30. The van der Waals surface area contributed by atoms with E-state index in [1.807, 2.05) is 0 Å². The Balaban J connectivity index is 2.28. The van der Waals surface area contributed by atoms with E-state index < -0.39 is 10.8 Å². The summed E-state index contributed by atoms with van der Waals surface area (Å²) in [5.74, 6) is -0.133. The van der Waals surface area contributed by atoms with Gasteiger partial charge < -0.3 is 5.32 Å². The van der Waals surface area contributed by atoms with Crippen molar-refractivity contribution in [2.24, 2.45) is 0 Å². The molecule has 2 aromatic rings. The smallest absolute Gasteiger partial charge is 0.273 e. The van der Waals surface area contributed by atoms with Crippen molar-refractivity contribution in [2.45, 2.75) is 6.92 Å². The Labute approximate surface area is 119 Å². The molecule has 1 aromatic carbocycles. The van der Waals surface area contributed by atoms with Crippen molar-refractivity contribution in [3.05, 3.63) is 62.8 Å². The van der Waals surface area contributed by atoms with E-state index >= 15 is 0 Å². The van der Waals surface area contributed by atoms with Gasteiger partial charge in [0.25, 0.3) is 11.6 Å². The van der Waals surface area contributed by atoms with Crippen molar-refractivity contribution in [1.82, 2.24) is 4.98 Å². The Bertz CT molecular complexity index is 671. The van der Waals surface area contributed by atoms with E-state index in [2.05, 4.69) is 10.3 Å². The minimum atomic E-state index is -0.521. The van der Waals surface area contributed by atoms with E-state index in [1.54, 1.807) is 12.1 Å². The van der Waals surface area contributed by atoms with E-state index in [9.17, 15) is 14.9 Å². The highest BCUT2D eigenvalue weighted by atomic mass is 35.5. The molecule has 1 N–H and O–H groups in total. The van der Waals surface area contributed by atoms with Crippen LogP contribution >= 0.6 is 11.6 Å². The number of rotatable bonds is 3. The van der Waals surface area contributed by atoms with Crippen LogP contribution in [0.2, 0.25) is 5.02 Å². The molecule has 0 saturated heterocycles. The monoisotopic (exact) mass is 291 g/mol. The molecule has 0 aliphatic heterocycles. The van der Waals surface area contributed by atoms with Gasteiger partial charge in [0.2, 0.25) is 0 Å². The Morgan fingerprint density at radius 2 is 2.10 bits per heavy atom. The van der Waals surface area contributed by atoms with Crippen LogP contribution in [0, 0.1) is 17.0 Å². The minimum Gasteiger partial charge on any atom is -0.307 e. The lowest BCUT2D eigenvalue weighted by atomic mass is 10.1. The molecule has 0 fully saturated rings. The number of hydrogen-bond acceptors (Lipinski definition) is 4. The molecule has 0 unspecified atom stereocenters. The third-order valence-electron chi connectivity index (χ3n) is 2.72. The van der Waals surface area contributed by atoms with Crippen molar-refractivity contribution < 1.29 is 9.72 Å². The van der Waals surface area contributed by atoms with Gasteiger partial charge in [0.15, 0.2) is 0 Å². The maximum atomic E-state index is 12.1. The van der Waals surface area contributed by atoms with Gasteiger partial charge in [-0.2, -0.15) is 0 Å². The molecular weight excluding hydrogens is 282 g/mol. The third kappa shape index (κ3) is 2.92. The lowest BCUT2D eigenvalue weighted by Gasteiger charge is -2.07. The zero-order valence-electron chi connectivity index (χ0n) is 10.5. The standard InChI is InChI=1S/C13H10ClN3O3/c1-8-10(3-2-4-11(8)17(19)20)13(18)16-12-6-5-9(14)7-15-12/h2-7H,1H3,(H,15,16,18). The molecule has 0 aliphatic carbocycles. The Kier molecular flexibility index (Phi) is 3.95. The van der Waals surface area contributed by atoms with Crippen molar-refractivity contribution in [1.29, 1.82) is 0 Å². The van der Waals surface area contributed by atoms with Crippen LogP contribution in [0.25, 0.3) is 0 Å². The lowest BCUT2D eigenvalue weighted by molar-refractivity contribution is -0.385. The number of nitro groups is 1. The molecule has 0 aliphatic rings. The fourth-order valence-corrected chi connectivity index (χ4v) is 1.81. The zero-order valence-corrected chi connectivity index (χ0v) is 11.2. The van der Waals surface area contributed by atoms with Gasteiger partial charge in [0.1, 0.15) is 5.82 Å². The van der Waals surface area contributed by atoms with Crippen molar-refractivity contribution >= 4 is 29.0 Å². The maximum absolute atomic E-state index is 12.1. The molecule has 1 aromatic heterocycles. The topological polar surface area (TPSA) is 85.1 Å². The second-order valence-corrected chi connectivity index (χ2v) is 4.46. The summed E-state index contributed by atoms with van der Waals surface area (Å²) in [5.41, 5.74) is 0.446. The highest BCUT2D eigenvalue weighted by Gasteiger charge is 2.18.